The number of likely N-dealkylation sites (N-methyl/N-ethyl adjacent to an activating group) is 1. The molecule has 1 fully saturated rings. The maximum absolute atomic E-state index is 13.0. The fourth-order valence-electron chi connectivity index (χ4n) is 5.08. The lowest BCUT2D eigenvalue weighted by Crippen LogP contribution is -2.41. The number of allylic oxidation sites excluding steroid dienone is 1. The highest BCUT2D eigenvalue weighted by Crippen LogP contribution is 2.40. The number of hydrogen-bond acceptors (Lipinski definition) is 5. The molecule has 1 aromatic heterocycles. The number of benzene rings is 1. The molecule has 2 atom stereocenters. The van der Waals surface area contributed by atoms with E-state index in [9.17, 15) is 4.79 Å². The number of carbonyl (C=O) groups is 1. The van der Waals surface area contributed by atoms with Crippen LogP contribution in [0.2, 0.25) is 0 Å². The largest absolute Gasteiger partial charge is 0.443 e. The number of carbonyl (C=O) groups excluding carboxylic acids is 1. The van der Waals surface area contributed by atoms with Gasteiger partial charge < -0.3 is 9.64 Å². The molecule has 2 aliphatic heterocycles. The Labute approximate surface area is 196 Å². The zero-order chi connectivity index (χ0) is 23.3. The molecule has 1 unspecified atom stereocenters. The van der Waals surface area contributed by atoms with Gasteiger partial charge in [-0.05, 0) is 64.1 Å². The molecule has 0 N–H and O–H groups in total. The Hall–Kier alpha value is -1.92. The number of likely N-dealkylation sites (tertiary alicyclic amines) is 1. The van der Waals surface area contributed by atoms with Gasteiger partial charge in [-0.2, -0.15) is 0 Å². The number of ether oxygens (including phenoxy) is 1. The van der Waals surface area contributed by atoms with Gasteiger partial charge in [-0.15, -0.1) is 11.3 Å². The van der Waals surface area contributed by atoms with Gasteiger partial charge in [-0.1, -0.05) is 32.9 Å². The number of piperidine rings is 1. The van der Waals surface area contributed by atoms with Gasteiger partial charge in [-0.3, -0.25) is 4.90 Å². The monoisotopic (exact) mass is 455 g/mol. The molecule has 0 saturated carbocycles. The topological polar surface area (TPSA) is 45.7 Å². The quantitative estimate of drug-likeness (QED) is 0.529. The molecule has 2 aromatic rings. The maximum Gasteiger partial charge on any atom is 0.414 e. The van der Waals surface area contributed by atoms with Crippen molar-refractivity contribution in [1.82, 2.24) is 14.8 Å². The molecule has 0 bridgehead atoms. The number of nitrogens with zero attached hydrogens (tertiary/aromatic N) is 3. The van der Waals surface area contributed by atoms with Crippen molar-refractivity contribution in [3.05, 3.63) is 34.8 Å². The van der Waals surface area contributed by atoms with Gasteiger partial charge in [0.1, 0.15) is 5.60 Å². The highest BCUT2D eigenvalue weighted by Gasteiger charge is 2.34. The third kappa shape index (κ3) is 5.18. The van der Waals surface area contributed by atoms with E-state index in [1.54, 1.807) is 4.90 Å². The molecular weight excluding hydrogens is 418 g/mol. The Balaban J connectivity index is 1.63. The Morgan fingerprint density at radius 3 is 2.69 bits per heavy atom. The summed E-state index contributed by atoms with van der Waals surface area (Å²) in [5.74, 6) is 0.880. The van der Waals surface area contributed by atoms with Crippen LogP contribution in [0.1, 0.15) is 70.9 Å². The lowest BCUT2D eigenvalue weighted by atomic mass is 9.79. The molecule has 0 aliphatic carbocycles. The highest BCUT2D eigenvalue weighted by atomic mass is 32.1. The second-order valence-corrected chi connectivity index (χ2v) is 12.6. The molecule has 1 amide bonds. The first-order valence-electron chi connectivity index (χ1n) is 11.7. The van der Waals surface area contributed by atoms with Crippen LogP contribution in [0.5, 0.6) is 0 Å². The van der Waals surface area contributed by atoms with Crippen molar-refractivity contribution in [2.45, 2.75) is 65.9 Å². The van der Waals surface area contributed by atoms with Crippen LogP contribution in [0.4, 0.5) is 4.79 Å². The number of amides is 1. The Morgan fingerprint density at radius 1 is 1.25 bits per heavy atom. The van der Waals surface area contributed by atoms with Gasteiger partial charge in [0.05, 0.1) is 20.9 Å². The molecule has 0 spiro atoms. The van der Waals surface area contributed by atoms with Gasteiger partial charge >= 0.3 is 6.09 Å². The minimum atomic E-state index is -0.516. The number of fused-ring (bicyclic) bond motifs is 1. The van der Waals surface area contributed by atoms with Crippen molar-refractivity contribution in [1.29, 1.82) is 0 Å². The van der Waals surface area contributed by atoms with Crippen LogP contribution in [-0.4, -0.2) is 53.2 Å². The van der Waals surface area contributed by atoms with E-state index < -0.39 is 5.60 Å². The van der Waals surface area contributed by atoms with Crippen molar-refractivity contribution in [2.75, 3.05) is 26.7 Å². The van der Waals surface area contributed by atoms with Gasteiger partial charge in [0.2, 0.25) is 0 Å². The van der Waals surface area contributed by atoms with E-state index in [-0.39, 0.29) is 6.09 Å². The normalized spacial score (nSPS) is 24.5. The summed E-state index contributed by atoms with van der Waals surface area (Å²) in [5.41, 5.74) is 2.79. The number of hydrogen-bond donors (Lipinski definition) is 0. The van der Waals surface area contributed by atoms with E-state index >= 15 is 0 Å². The zero-order valence-corrected chi connectivity index (χ0v) is 21.4. The molecule has 4 rings (SSSR count). The molecule has 1 aromatic carbocycles. The van der Waals surface area contributed by atoms with E-state index in [2.05, 4.69) is 57.0 Å². The lowest BCUT2D eigenvalue weighted by Gasteiger charge is -2.40. The molecule has 3 heterocycles. The van der Waals surface area contributed by atoms with Gasteiger partial charge in [0.25, 0.3) is 0 Å². The second-order valence-electron chi connectivity index (χ2n) is 11.5. The third-order valence-electron chi connectivity index (χ3n) is 6.19. The first-order valence-corrected chi connectivity index (χ1v) is 12.5. The van der Waals surface area contributed by atoms with Gasteiger partial charge in [-0.25, -0.2) is 9.78 Å². The Bertz CT molecular complexity index is 1030. The SMILES string of the molecule is C[C@H]1CC=C(c2ccc3sc(C4CN(C)CC(C)(C)C4)nc3c2)N(C(=O)OC(C)(C)C)C1. The minimum Gasteiger partial charge on any atom is -0.443 e. The molecule has 32 heavy (non-hydrogen) atoms. The Morgan fingerprint density at radius 2 is 2.00 bits per heavy atom. The standard InChI is InChI=1S/C26H37N3O2S/c1-17-8-10-21(29(14-17)24(30)31-25(2,3)4)18-9-11-22-20(12-18)27-23(32-22)19-13-26(5,6)16-28(7)15-19/h9-12,17,19H,8,13-16H2,1-7H3/t17-,19?/m0/s1. The van der Waals surface area contributed by atoms with Crippen LogP contribution >= 0.6 is 11.3 Å². The summed E-state index contributed by atoms with van der Waals surface area (Å²) in [4.78, 5) is 22.2. The fraction of sp³-hybridized carbons (Fsp3) is 0.615. The van der Waals surface area contributed by atoms with Gasteiger partial charge in [0.15, 0.2) is 0 Å². The Kier molecular flexibility index (Phi) is 6.14. The summed E-state index contributed by atoms with van der Waals surface area (Å²) in [5, 5.41) is 1.23. The number of aromatic nitrogens is 1. The summed E-state index contributed by atoms with van der Waals surface area (Å²) >= 11 is 1.81. The van der Waals surface area contributed by atoms with E-state index in [4.69, 9.17) is 9.72 Å². The van der Waals surface area contributed by atoms with Crippen LogP contribution in [0.15, 0.2) is 24.3 Å². The van der Waals surface area contributed by atoms with E-state index in [1.807, 2.05) is 32.1 Å². The predicted molar refractivity (Wildman–Crippen MR) is 133 cm³/mol. The molecule has 0 radical (unpaired) electrons. The lowest BCUT2D eigenvalue weighted by molar-refractivity contribution is 0.0327. The predicted octanol–water partition coefficient (Wildman–Crippen LogP) is 6.36. The molecule has 1 saturated heterocycles. The first-order chi connectivity index (χ1) is 14.9. The van der Waals surface area contributed by atoms with Crippen LogP contribution in [0, 0.1) is 11.3 Å². The van der Waals surface area contributed by atoms with Crippen LogP contribution in [-0.2, 0) is 4.74 Å². The van der Waals surface area contributed by atoms with Crippen LogP contribution in [0.3, 0.4) is 0 Å². The molecule has 6 heteroatoms. The van der Waals surface area contributed by atoms with Crippen molar-refractivity contribution in [3.8, 4) is 0 Å². The van der Waals surface area contributed by atoms with E-state index in [0.717, 1.165) is 36.3 Å². The summed E-state index contributed by atoms with van der Waals surface area (Å²) in [6.07, 6.45) is 4.02. The summed E-state index contributed by atoms with van der Waals surface area (Å²) in [6.45, 7) is 15.5. The minimum absolute atomic E-state index is 0.276. The van der Waals surface area contributed by atoms with E-state index in [0.29, 0.717) is 23.8 Å². The molecular formula is C26H37N3O2S. The average molecular weight is 456 g/mol. The summed E-state index contributed by atoms with van der Waals surface area (Å²) < 4.78 is 6.92. The molecule has 5 nitrogen and oxygen atoms in total. The van der Waals surface area contributed by atoms with Crippen molar-refractivity contribution < 1.29 is 9.53 Å². The number of rotatable bonds is 2. The highest BCUT2D eigenvalue weighted by molar-refractivity contribution is 7.18. The van der Waals surface area contributed by atoms with Crippen LogP contribution < -0.4 is 0 Å². The van der Waals surface area contributed by atoms with Crippen molar-refractivity contribution in [3.63, 3.8) is 0 Å². The first kappa shape index (κ1) is 23.2. The number of thiazole rings is 1. The zero-order valence-electron chi connectivity index (χ0n) is 20.6. The van der Waals surface area contributed by atoms with Crippen molar-refractivity contribution in [2.24, 2.45) is 11.3 Å². The van der Waals surface area contributed by atoms with E-state index in [1.165, 1.54) is 16.1 Å². The summed E-state index contributed by atoms with van der Waals surface area (Å²) in [6, 6.07) is 6.43. The maximum atomic E-state index is 13.0. The second kappa shape index (κ2) is 8.45. The van der Waals surface area contributed by atoms with Gasteiger partial charge in [0, 0.05) is 31.1 Å². The smallest absolute Gasteiger partial charge is 0.414 e. The summed E-state index contributed by atoms with van der Waals surface area (Å²) in [7, 11) is 2.21. The fourth-order valence-corrected chi connectivity index (χ4v) is 6.12. The third-order valence-corrected chi connectivity index (χ3v) is 7.39. The molecule has 174 valence electrons. The van der Waals surface area contributed by atoms with Crippen molar-refractivity contribution >= 4 is 33.3 Å². The molecule has 2 aliphatic rings. The van der Waals surface area contributed by atoms with Crippen LogP contribution in [0.25, 0.3) is 15.9 Å². The average Bonchev–Trinajstić information content (AvgIpc) is 3.08.